The van der Waals surface area contributed by atoms with Gasteiger partial charge in [-0.05, 0) is 43.9 Å². The lowest BCUT2D eigenvalue weighted by molar-refractivity contribution is 0.257. The number of rotatable bonds is 3. The predicted octanol–water partition coefficient (Wildman–Crippen LogP) is 2.73. The molecule has 2 aromatic heterocycles. The molecule has 0 radical (unpaired) electrons. The molecule has 5 rings (SSSR count). The van der Waals surface area contributed by atoms with E-state index in [1.54, 1.807) is 6.33 Å². The Morgan fingerprint density at radius 2 is 1.89 bits per heavy atom. The molecule has 0 aromatic carbocycles. The number of anilines is 1. The number of piperidine rings is 1. The van der Waals surface area contributed by atoms with Gasteiger partial charge in [0.25, 0.3) is 0 Å². The molecule has 0 saturated carbocycles. The molecule has 2 aliphatic heterocycles. The molecule has 0 spiro atoms. The minimum atomic E-state index is 0.789. The lowest BCUT2D eigenvalue weighted by Crippen LogP contribution is -2.37. The van der Waals surface area contributed by atoms with Gasteiger partial charge in [0.05, 0.1) is 0 Å². The third kappa shape index (κ3) is 3.07. The van der Waals surface area contributed by atoms with Crippen molar-refractivity contribution in [3.63, 3.8) is 0 Å². The van der Waals surface area contributed by atoms with Crippen molar-refractivity contribution in [3.8, 4) is 0 Å². The molecule has 28 heavy (non-hydrogen) atoms. The van der Waals surface area contributed by atoms with Crippen LogP contribution in [0.2, 0.25) is 0 Å². The summed E-state index contributed by atoms with van der Waals surface area (Å²) in [4.78, 5) is 16.6. The fourth-order valence-electron chi connectivity index (χ4n) is 5.01. The van der Waals surface area contributed by atoms with Gasteiger partial charge in [0.15, 0.2) is 17.0 Å². The van der Waals surface area contributed by atoms with Crippen molar-refractivity contribution in [1.82, 2.24) is 30.0 Å². The predicted molar refractivity (Wildman–Crippen MR) is 111 cm³/mol. The van der Waals surface area contributed by atoms with Gasteiger partial charge in [-0.3, -0.25) is 0 Å². The summed E-state index contributed by atoms with van der Waals surface area (Å²) in [5.41, 5.74) is 6.31. The second kappa shape index (κ2) is 7.20. The van der Waals surface area contributed by atoms with Crippen molar-refractivity contribution >= 4 is 22.6 Å². The van der Waals surface area contributed by atoms with Gasteiger partial charge in [0.1, 0.15) is 12.2 Å². The number of aromatic nitrogens is 4. The number of aryl methyl sites for hydroxylation is 1. The second-order valence-corrected chi connectivity index (χ2v) is 8.33. The van der Waals surface area contributed by atoms with Gasteiger partial charge < -0.3 is 14.5 Å². The number of allylic oxidation sites excluding steroid dienone is 2. The molecule has 0 bridgehead atoms. The van der Waals surface area contributed by atoms with Crippen LogP contribution in [0.15, 0.2) is 24.7 Å². The van der Waals surface area contributed by atoms with E-state index in [2.05, 4.69) is 43.2 Å². The molecule has 0 amide bonds. The summed E-state index contributed by atoms with van der Waals surface area (Å²) in [5, 5.41) is 1.98. The molecule has 1 N–H and O–H groups in total. The first-order valence-electron chi connectivity index (χ1n) is 10.5. The van der Waals surface area contributed by atoms with Crippen LogP contribution in [0.5, 0.6) is 0 Å². The number of hydrogen-bond acceptors (Lipinski definition) is 6. The molecular weight excluding hydrogens is 350 g/mol. The largest absolute Gasteiger partial charge is 0.355 e. The summed E-state index contributed by atoms with van der Waals surface area (Å²) in [6.07, 6.45) is 14.9. The van der Waals surface area contributed by atoms with Crippen molar-refractivity contribution in [2.24, 2.45) is 18.9 Å². The highest BCUT2D eigenvalue weighted by molar-refractivity contribution is 5.86. The van der Waals surface area contributed by atoms with Gasteiger partial charge in [-0.1, -0.05) is 12.2 Å². The van der Waals surface area contributed by atoms with E-state index in [1.165, 1.54) is 37.7 Å². The zero-order chi connectivity index (χ0) is 19.1. The minimum absolute atomic E-state index is 0.789. The van der Waals surface area contributed by atoms with Gasteiger partial charge in [-0.15, -0.1) is 0 Å². The molecule has 1 unspecified atom stereocenters. The van der Waals surface area contributed by atoms with E-state index in [1.807, 2.05) is 19.1 Å². The number of imidazole rings is 1. The molecule has 4 heterocycles. The summed E-state index contributed by atoms with van der Waals surface area (Å²) in [6.45, 7) is 2.92. The van der Waals surface area contributed by atoms with Gasteiger partial charge in [-0.25, -0.2) is 20.4 Å². The molecule has 1 saturated heterocycles. The molecular formula is C21H29N7. The van der Waals surface area contributed by atoms with E-state index >= 15 is 0 Å². The van der Waals surface area contributed by atoms with Gasteiger partial charge in [0, 0.05) is 45.5 Å². The molecule has 1 aliphatic carbocycles. The van der Waals surface area contributed by atoms with Crippen molar-refractivity contribution in [2.45, 2.75) is 32.1 Å². The van der Waals surface area contributed by atoms with E-state index in [-0.39, 0.29) is 0 Å². The third-order valence-corrected chi connectivity index (χ3v) is 6.61. The number of nitrogens with one attached hydrogen (secondary N) is 1. The van der Waals surface area contributed by atoms with Crippen LogP contribution < -0.4 is 10.3 Å². The molecule has 1 fully saturated rings. The number of nitrogens with zero attached hydrogens (tertiary/aromatic N) is 6. The topological polar surface area (TPSA) is 62.1 Å². The standard InChI is InChI=1S/C21H29N7/c1-26-13-17(12-24-26)19-25-18-20(27(19)2)22-14-23-21(18)28-10-8-16(9-11-28)15-6-4-3-5-7-15/h3-4,13-16,24H,5-12H2,1-2H3. The number of hydrogen-bond donors (Lipinski definition) is 1. The Balaban J connectivity index is 1.39. The Labute approximate surface area is 166 Å². The summed E-state index contributed by atoms with van der Waals surface area (Å²) in [6, 6.07) is 0. The monoisotopic (exact) mass is 379 g/mol. The smallest absolute Gasteiger partial charge is 0.165 e. The summed E-state index contributed by atoms with van der Waals surface area (Å²) >= 11 is 0. The maximum atomic E-state index is 4.96. The fourth-order valence-corrected chi connectivity index (χ4v) is 5.01. The van der Waals surface area contributed by atoms with Crippen LogP contribution in [0.25, 0.3) is 16.7 Å². The van der Waals surface area contributed by atoms with Crippen molar-refractivity contribution in [2.75, 3.05) is 31.6 Å². The van der Waals surface area contributed by atoms with E-state index < -0.39 is 0 Å². The Kier molecular flexibility index (Phi) is 4.55. The lowest BCUT2D eigenvalue weighted by atomic mass is 9.78. The number of hydrazine groups is 1. The average Bonchev–Trinajstić information content (AvgIpc) is 3.32. The normalized spacial score (nSPS) is 23.6. The first-order valence-corrected chi connectivity index (χ1v) is 10.5. The zero-order valence-electron chi connectivity index (χ0n) is 16.8. The highest BCUT2D eigenvalue weighted by Crippen LogP contribution is 2.35. The Hall–Kier alpha value is -2.41. The van der Waals surface area contributed by atoms with Crippen molar-refractivity contribution in [3.05, 3.63) is 30.5 Å². The summed E-state index contributed by atoms with van der Waals surface area (Å²) < 4.78 is 2.09. The number of fused-ring (bicyclic) bond motifs is 1. The van der Waals surface area contributed by atoms with E-state index in [9.17, 15) is 0 Å². The lowest BCUT2D eigenvalue weighted by Gasteiger charge is -2.37. The molecule has 148 valence electrons. The maximum Gasteiger partial charge on any atom is 0.165 e. The van der Waals surface area contributed by atoms with Gasteiger partial charge >= 0.3 is 0 Å². The first-order chi connectivity index (χ1) is 13.7. The SMILES string of the molecule is CN1C=C(c2nc3c(N4CCC(C5CC=CCC5)CC4)ncnc3n2C)CN1. The zero-order valence-corrected chi connectivity index (χ0v) is 16.8. The van der Waals surface area contributed by atoms with Crippen LogP contribution in [0.1, 0.15) is 37.9 Å². The van der Waals surface area contributed by atoms with Crippen LogP contribution in [-0.4, -0.2) is 51.2 Å². The fraction of sp³-hybridized carbons (Fsp3) is 0.571. The van der Waals surface area contributed by atoms with Gasteiger partial charge in [-0.2, -0.15) is 0 Å². The van der Waals surface area contributed by atoms with E-state index in [0.717, 1.165) is 54.3 Å². The minimum Gasteiger partial charge on any atom is -0.355 e. The molecule has 7 heteroatoms. The average molecular weight is 380 g/mol. The van der Waals surface area contributed by atoms with E-state index in [0.29, 0.717) is 0 Å². The highest BCUT2D eigenvalue weighted by Gasteiger charge is 2.29. The van der Waals surface area contributed by atoms with E-state index in [4.69, 9.17) is 4.98 Å². The third-order valence-electron chi connectivity index (χ3n) is 6.61. The molecule has 3 aliphatic rings. The molecule has 7 nitrogen and oxygen atoms in total. The molecule has 2 aromatic rings. The van der Waals surface area contributed by atoms with Crippen molar-refractivity contribution < 1.29 is 0 Å². The Morgan fingerprint density at radius 1 is 1.04 bits per heavy atom. The van der Waals surface area contributed by atoms with Crippen molar-refractivity contribution in [1.29, 1.82) is 0 Å². The summed E-state index contributed by atoms with van der Waals surface area (Å²) in [5.74, 6) is 3.69. The quantitative estimate of drug-likeness (QED) is 0.828. The maximum absolute atomic E-state index is 4.96. The van der Waals surface area contributed by atoms with Crippen LogP contribution in [-0.2, 0) is 7.05 Å². The van der Waals surface area contributed by atoms with Gasteiger partial charge in [0.2, 0.25) is 0 Å². The van der Waals surface area contributed by atoms with Crippen LogP contribution in [0, 0.1) is 11.8 Å². The highest BCUT2D eigenvalue weighted by atomic mass is 15.5. The second-order valence-electron chi connectivity index (χ2n) is 8.33. The van der Waals surface area contributed by atoms with Crippen LogP contribution in [0.4, 0.5) is 5.82 Å². The van der Waals surface area contributed by atoms with Crippen LogP contribution in [0.3, 0.4) is 0 Å². The van der Waals surface area contributed by atoms with Crippen LogP contribution >= 0.6 is 0 Å². The molecule has 1 atom stereocenters. The summed E-state index contributed by atoms with van der Waals surface area (Å²) in [7, 11) is 4.05. The first kappa shape index (κ1) is 17.7. The Bertz CT molecular complexity index is 920. The Morgan fingerprint density at radius 3 is 2.61 bits per heavy atom.